The summed E-state index contributed by atoms with van der Waals surface area (Å²) in [5, 5.41) is 10.5. The third-order valence-corrected chi connectivity index (χ3v) is 4.35. The molecule has 2 aromatic carbocycles. The molecular formula is C16H17BrFNO. The van der Waals surface area contributed by atoms with E-state index in [4.69, 9.17) is 5.73 Å². The van der Waals surface area contributed by atoms with Crippen molar-refractivity contribution < 1.29 is 9.50 Å². The molecule has 0 amide bonds. The maximum atomic E-state index is 13.0. The minimum Gasteiger partial charge on any atom is -0.388 e. The molecule has 3 N–H and O–H groups in total. The summed E-state index contributed by atoms with van der Waals surface area (Å²) in [5.74, 6) is -0.547. The lowest BCUT2D eigenvalue weighted by molar-refractivity contribution is 0.147. The molecule has 106 valence electrons. The number of rotatable bonds is 4. The third-order valence-electron chi connectivity index (χ3n) is 3.46. The van der Waals surface area contributed by atoms with Gasteiger partial charge in [0.1, 0.15) is 5.82 Å². The second-order valence-corrected chi connectivity index (χ2v) is 5.70. The fraction of sp³-hybridized carbons (Fsp3) is 0.250. The molecule has 2 atom stereocenters. The van der Waals surface area contributed by atoms with Gasteiger partial charge in [-0.2, -0.15) is 0 Å². The Hall–Kier alpha value is -1.23. The lowest BCUT2D eigenvalue weighted by Gasteiger charge is -2.23. The molecule has 0 aliphatic rings. The van der Waals surface area contributed by atoms with Gasteiger partial charge in [0.25, 0.3) is 0 Å². The summed E-state index contributed by atoms with van der Waals surface area (Å²) in [5.41, 5.74) is 8.48. The highest BCUT2D eigenvalue weighted by molar-refractivity contribution is 9.10. The first kappa shape index (κ1) is 15.2. The van der Waals surface area contributed by atoms with Crippen molar-refractivity contribution in [3.05, 3.63) is 69.4 Å². The fourth-order valence-electron chi connectivity index (χ4n) is 2.24. The van der Waals surface area contributed by atoms with E-state index in [-0.39, 0.29) is 11.7 Å². The zero-order valence-electron chi connectivity index (χ0n) is 11.2. The minimum absolute atomic E-state index is 0.254. The Kier molecular flexibility index (Phi) is 4.91. The van der Waals surface area contributed by atoms with Gasteiger partial charge in [0, 0.05) is 16.9 Å². The molecule has 0 aliphatic heterocycles. The Morgan fingerprint density at radius 1 is 1.15 bits per heavy atom. The van der Waals surface area contributed by atoms with Gasteiger partial charge in [-0.1, -0.05) is 40.2 Å². The van der Waals surface area contributed by atoms with Crippen molar-refractivity contribution >= 4 is 15.9 Å². The topological polar surface area (TPSA) is 46.2 Å². The largest absolute Gasteiger partial charge is 0.388 e. The number of aryl methyl sites for hydroxylation is 1. The van der Waals surface area contributed by atoms with Crippen LogP contribution in [0.1, 0.15) is 28.7 Å². The summed E-state index contributed by atoms with van der Waals surface area (Å²) >= 11 is 3.44. The minimum atomic E-state index is -0.711. The SMILES string of the molecule is Cc1cc(C(O)C(CN)c2ccc(F)cc2)ccc1Br. The first-order valence-corrected chi connectivity index (χ1v) is 7.22. The third kappa shape index (κ3) is 3.26. The second kappa shape index (κ2) is 6.48. The molecule has 2 rings (SSSR count). The summed E-state index contributed by atoms with van der Waals surface area (Å²) in [6, 6.07) is 11.8. The van der Waals surface area contributed by atoms with E-state index in [2.05, 4.69) is 15.9 Å². The van der Waals surface area contributed by atoms with Crippen molar-refractivity contribution in [1.82, 2.24) is 0 Å². The average molecular weight is 338 g/mol. The Bertz CT molecular complexity index is 586. The fourth-order valence-corrected chi connectivity index (χ4v) is 2.49. The number of nitrogens with two attached hydrogens (primary N) is 1. The first-order chi connectivity index (χ1) is 9.52. The highest BCUT2D eigenvalue weighted by Crippen LogP contribution is 2.32. The lowest BCUT2D eigenvalue weighted by Crippen LogP contribution is -2.20. The highest BCUT2D eigenvalue weighted by Gasteiger charge is 2.21. The molecule has 2 nitrogen and oxygen atoms in total. The van der Waals surface area contributed by atoms with Crippen molar-refractivity contribution in [3.8, 4) is 0 Å². The smallest absolute Gasteiger partial charge is 0.123 e. The van der Waals surface area contributed by atoms with Crippen LogP contribution >= 0.6 is 15.9 Å². The Morgan fingerprint density at radius 3 is 2.30 bits per heavy atom. The summed E-state index contributed by atoms with van der Waals surface area (Å²) in [6.07, 6.45) is -0.711. The van der Waals surface area contributed by atoms with Crippen LogP contribution < -0.4 is 5.73 Å². The number of aliphatic hydroxyl groups excluding tert-OH is 1. The Morgan fingerprint density at radius 2 is 1.75 bits per heavy atom. The summed E-state index contributed by atoms with van der Waals surface area (Å²) < 4.78 is 14.0. The molecule has 0 saturated heterocycles. The van der Waals surface area contributed by atoms with Crippen molar-refractivity contribution in [2.24, 2.45) is 5.73 Å². The number of aliphatic hydroxyl groups is 1. The zero-order chi connectivity index (χ0) is 14.7. The van der Waals surface area contributed by atoms with Crippen LogP contribution in [0.5, 0.6) is 0 Å². The molecule has 0 radical (unpaired) electrons. The predicted molar refractivity (Wildman–Crippen MR) is 82.0 cm³/mol. The van der Waals surface area contributed by atoms with Crippen molar-refractivity contribution in [2.45, 2.75) is 18.9 Å². The van der Waals surface area contributed by atoms with Crippen molar-refractivity contribution in [3.63, 3.8) is 0 Å². The molecule has 0 heterocycles. The van der Waals surface area contributed by atoms with Crippen LogP contribution in [-0.2, 0) is 0 Å². The molecule has 0 aromatic heterocycles. The molecule has 20 heavy (non-hydrogen) atoms. The van der Waals surface area contributed by atoms with Gasteiger partial charge in [-0.05, 0) is 41.8 Å². The lowest BCUT2D eigenvalue weighted by atomic mass is 9.89. The predicted octanol–water partition coefficient (Wildman–Crippen LogP) is 3.67. The normalized spacial score (nSPS) is 14.1. The van der Waals surface area contributed by atoms with E-state index >= 15 is 0 Å². The number of benzene rings is 2. The van der Waals surface area contributed by atoms with E-state index in [1.807, 2.05) is 25.1 Å². The Labute approximate surface area is 126 Å². The van der Waals surface area contributed by atoms with E-state index in [9.17, 15) is 9.50 Å². The molecule has 2 aromatic rings. The molecule has 0 saturated carbocycles. The van der Waals surface area contributed by atoms with E-state index in [0.29, 0.717) is 6.54 Å². The summed E-state index contributed by atoms with van der Waals surface area (Å²) in [7, 11) is 0. The van der Waals surface area contributed by atoms with Crippen LogP contribution in [-0.4, -0.2) is 11.7 Å². The van der Waals surface area contributed by atoms with Crippen LogP contribution in [0.3, 0.4) is 0 Å². The van der Waals surface area contributed by atoms with E-state index < -0.39 is 6.10 Å². The van der Waals surface area contributed by atoms with Gasteiger partial charge in [-0.3, -0.25) is 0 Å². The van der Waals surface area contributed by atoms with Crippen LogP contribution in [0.2, 0.25) is 0 Å². The van der Waals surface area contributed by atoms with Crippen LogP contribution in [0.15, 0.2) is 46.9 Å². The maximum Gasteiger partial charge on any atom is 0.123 e. The van der Waals surface area contributed by atoms with E-state index in [1.165, 1.54) is 12.1 Å². The molecule has 0 bridgehead atoms. The van der Waals surface area contributed by atoms with Gasteiger partial charge in [-0.15, -0.1) is 0 Å². The standard InChI is InChI=1S/C16H17BrFNO/c1-10-8-12(4-7-15(10)17)16(20)14(9-19)11-2-5-13(18)6-3-11/h2-8,14,16,20H,9,19H2,1H3. The summed E-state index contributed by atoms with van der Waals surface area (Å²) in [4.78, 5) is 0. The zero-order valence-corrected chi connectivity index (χ0v) is 12.8. The van der Waals surface area contributed by atoms with Crippen LogP contribution in [0.25, 0.3) is 0 Å². The number of halogens is 2. The van der Waals surface area contributed by atoms with E-state index in [1.54, 1.807) is 12.1 Å². The molecular weight excluding hydrogens is 321 g/mol. The van der Waals surface area contributed by atoms with Crippen LogP contribution in [0, 0.1) is 12.7 Å². The van der Waals surface area contributed by atoms with E-state index in [0.717, 1.165) is 21.2 Å². The quantitative estimate of drug-likeness (QED) is 0.893. The molecule has 2 unspecified atom stereocenters. The highest BCUT2D eigenvalue weighted by atomic mass is 79.9. The van der Waals surface area contributed by atoms with Gasteiger partial charge >= 0.3 is 0 Å². The molecule has 0 fully saturated rings. The summed E-state index contributed by atoms with van der Waals surface area (Å²) in [6.45, 7) is 2.26. The van der Waals surface area contributed by atoms with Gasteiger partial charge in [-0.25, -0.2) is 4.39 Å². The average Bonchev–Trinajstić information content (AvgIpc) is 2.44. The molecule has 0 aliphatic carbocycles. The number of hydrogen-bond acceptors (Lipinski definition) is 2. The molecule has 0 spiro atoms. The number of hydrogen-bond donors (Lipinski definition) is 2. The molecule has 4 heteroatoms. The van der Waals surface area contributed by atoms with Crippen LogP contribution in [0.4, 0.5) is 4.39 Å². The second-order valence-electron chi connectivity index (χ2n) is 4.85. The van der Waals surface area contributed by atoms with Gasteiger partial charge in [0.15, 0.2) is 0 Å². The van der Waals surface area contributed by atoms with Crippen molar-refractivity contribution in [1.29, 1.82) is 0 Å². The van der Waals surface area contributed by atoms with Gasteiger partial charge < -0.3 is 10.8 Å². The van der Waals surface area contributed by atoms with Gasteiger partial charge in [0.05, 0.1) is 6.10 Å². The Balaban J connectivity index is 2.30. The van der Waals surface area contributed by atoms with Crippen molar-refractivity contribution in [2.75, 3.05) is 6.54 Å². The monoisotopic (exact) mass is 337 g/mol. The first-order valence-electron chi connectivity index (χ1n) is 6.42. The maximum absolute atomic E-state index is 13.0. The van der Waals surface area contributed by atoms with Gasteiger partial charge in [0.2, 0.25) is 0 Å².